The molecule has 5 nitrogen and oxygen atoms in total. The molecule has 44 valence electrons. The summed E-state index contributed by atoms with van der Waals surface area (Å²) in [5, 5.41) is 7.61. The molecule has 0 aromatic rings. The van der Waals surface area contributed by atoms with Crippen molar-refractivity contribution in [2.24, 2.45) is 10.3 Å². The zero-order valence-electron chi connectivity index (χ0n) is 4.37. The first-order chi connectivity index (χ1) is 3.83. The van der Waals surface area contributed by atoms with Crippen LogP contribution >= 0.6 is 0 Å². The average Bonchev–Trinajstić information content (AvgIpc) is 2.14. The van der Waals surface area contributed by atoms with E-state index in [0.717, 1.165) is 5.17 Å². The van der Waals surface area contributed by atoms with Crippen molar-refractivity contribution >= 4 is 5.91 Å². The summed E-state index contributed by atoms with van der Waals surface area (Å²) in [6.07, 6.45) is 0. The SMILES string of the molecule is CON1CC(=O)N=N1. The Balaban J connectivity index is 2.46. The molecule has 1 rings (SSSR count). The predicted octanol–water partition coefficient (Wildman–Crippen LogP) is -0.243. The number of carbonyl (C=O) groups excluding carboxylic acids is 1. The summed E-state index contributed by atoms with van der Waals surface area (Å²) < 4.78 is 0. The quantitative estimate of drug-likeness (QED) is 0.473. The Kier molecular flexibility index (Phi) is 1.21. The maximum absolute atomic E-state index is 10.2. The van der Waals surface area contributed by atoms with Gasteiger partial charge in [0.25, 0.3) is 5.91 Å². The summed E-state index contributed by atoms with van der Waals surface area (Å²) in [6, 6.07) is 0. The highest BCUT2D eigenvalue weighted by Gasteiger charge is 2.13. The van der Waals surface area contributed by atoms with Crippen LogP contribution in [0.2, 0.25) is 0 Å². The summed E-state index contributed by atoms with van der Waals surface area (Å²) in [4.78, 5) is 14.8. The normalized spacial score (nSPS) is 18.1. The van der Waals surface area contributed by atoms with E-state index in [2.05, 4.69) is 15.2 Å². The Morgan fingerprint density at radius 3 is 2.88 bits per heavy atom. The van der Waals surface area contributed by atoms with Crippen LogP contribution in [-0.2, 0) is 9.63 Å². The van der Waals surface area contributed by atoms with Crippen LogP contribution in [-0.4, -0.2) is 24.7 Å². The molecular formula is C3H5N3O2. The van der Waals surface area contributed by atoms with Crippen molar-refractivity contribution in [2.75, 3.05) is 13.7 Å². The Labute approximate surface area is 45.9 Å². The monoisotopic (exact) mass is 115 g/mol. The number of amides is 1. The second-order valence-electron chi connectivity index (χ2n) is 1.28. The molecule has 0 spiro atoms. The minimum absolute atomic E-state index is 0.135. The van der Waals surface area contributed by atoms with Gasteiger partial charge < -0.3 is 0 Å². The molecule has 0 bridgehead atoms. The van der Waals surface area contributed by atoms with Gasteiger partial charge in [-0.3, -0.25) is 9.63 Å². The van der Waals surface area contributed by atoms with Crippen molar-refractivity contribution in [2.45, 2.75) is 0 Å². The van der Waals surface area contributed by atoms with Gasteiger partial charge in [0.1, 0.15) is 6.54 Å². The molecule has 0 saturated heterocycles. The van der Waals surface area contributed by atoms with Crippen LogP contribution in [0.25, 0.3) is 0 Å². The largest absolute Gasteiger partial charge is 0.290 e. The molecule has 8 heavy (non-hydrogen) atoms. The molecule has 1 aliphatic rings. The van der Waals surface area contributed by atoms with E-state index >= 15 is 0 Å². The molecular weight excluding hydrogens is 110 g/mol. The van der Waals surface area contributed by atoms with Crippen molar-refractivity contribution in [1.29, 1.82) is 0 Å². The first-order valence-electron chi connectivity index (χ1n) is 2.09. The maximum Gasteiger partial charge on any atom is 0.290 e. The fraction of sp³-hybridized carbons (Fsp3) is 0.667. The van der Waals surface area contributed by atoms with Crippen molar-refractivity contribution in [3.8, 4) is 0 Å². The maximum atomic E-state index is 10.2. The molecule has 1 heterocycles. The Morgan fingerprint density at radius 1 is 1.88 bits per heavy atom. The molecule has 0 fully saturated rings. The molecule has 5 heteroatoms. The molecule has 0 aromatic heterocycles. The van der Waals surface area contributed by atoms with E-state index in [0.29, 0.717) is 0 Å². The molecule has 1 amide bonds. The van der Waals surface area contributed by atoms with E-state index in [1.165, 1.54) is 7.11 Å². The highest BCUT2D eigenvalue weighted by atomic mass is 16.7. The minimum atomic E-state index is -0.271. The number of nitrogens with zero attached hydrogens (tertiary/aromatic N) is 3. The predicted molar refractivity (Wildman–Crippen MR) is 23.6 cm³/mol. The number of hydroxylamine groups is 1. The Hall–Kier alpha value is -0.970. The molecule has 0 N–H and O–H groups in total. The van der Waals surface area contributed by atoms with E-state index in [1.807, 2.05) is 0 Å². The fourth-order valence-electron chi connectivity index (χ4n) is 0.380. The summed E-state index contributed by atoms with van der Waals surface area (Å²) in [6.45, 7) is 0.135. The van der Waals surface area contributed by atoms with Crippen molar-refractivity contribution in [3.63, 3.8) is 0 Å². The van der Waals surface area contributed by atoms with E-state index < -0.39 is 0 Å². The van der Waals surface area contributed by atoms with Crippen LogP contribution in [0.4, 0.5) is 0 Å². The second kappa shape index (κ2) is 1.87. The third kappa shape index (κ3) is 0.812. The van der Waals surface area contributed by atoms with Gasteiger partial charge in [0, 0.05) is 0 Å². The second-order valence-corrected chi connectivity index (χ2v) is 1.28. The van der Waals surface area contributed by atoms with E-state index in [9.17, 15) is 4.79 Å². The molecule has 0 aromatic carbocycles. The standard InChI is InChI=1S/C3H5N3O2/c1-8-6-2-3(7)4-5-6/h2H2,1H3. The fourth-order valence-corrected chi connectivity index (χ4v) is 0.380. The lowest BCUT2D eigenvalue weighted by Gasteiger charge is -2.02. The van der Waals surface area contributed by atoms with Gasteiger partial charge in [0.05, 0.1) is 7.11 Å². The van der Waals surface area contributed by atoms with E-state index in [-0.39, 0.29) is 12.5 Å². The lowest BCUT2D eigenvalue weighted by atomic mass is 10.7. The van der Waals surface area contributed by atoms with Gasteiger partial charge in [-0.05, 0) is 5.22 Å². The highest BCUT2D eigenvalue weighted by Crippen LogP contribution is 1.99. The zero-order chi connectivity index (χ0) is 5.98. The minimum Gasteiger partial charge on any atom is -0.269 e. The lowest BCUT2D eigenvalue weighted by Crippen LogP contribution is -2.15. The number of hydrogen-bond donors (Lipinski definition) is 0. The van der Waals surface area contributed by atoms with Gasteiger partial charge in [-0.25, -0.2) is 0 Å². The molecule has 0 aliphatic carbocycles. The van der Waals surface area contributed by atoms with Crippen molar-refractivity contribution < 1.29 is 9.63 Å². The van der Waals surface area contributed by atoms with Gasteiger partial charge in [0.2, 0.25) is 0 Å². The first-order valence-corrected chi connectivity index (χ1v) is 2.09. The Morgan fingerprint density at radius 2 is 2.62 bits per heavy atom. The molecule has 0 unspecified atom stereocenters. The molecule has 0 atom stereocenters. The van der Waals surface area contributed by atoms with Crippen LogP contribution in [0.5, 0.6) is 0 Å². The molecule has 0 saturated carbocycles. The summed E-state index contributed by atoms with van der Waals surface area (Å²) in [7, 11) is 1.43. The summed E-state index contributed by atoms with van der Waals surface area (Å²) in [5.74, 6) is -0.271. The summed E-state index contributed by atoms with van der Waals surface area (Å²) >= 11 is 0. The van der Waals surface area contributed by atoms with Crippen molar-refractivity contribution in [3.05, 3.63) is 0 Å². The van der Waals surface area contributed by atoms with Crippen LogP contribution < -0.4 is 0 Å². The third-order valence-corrected chi connectivity index (χ3v) is 0.737. The highest BCUT2D eigenvalue weighted by molar-refractivity contribution is 5.79. The van der Waals surface area contributed by atoms with Gasteiger partial charge in [-0.2, -0.15) is 0 Å². The van der Waals surface area contributed by atoms with E-state index in [1.54, 1.807) is 0 Å². The smallest absolute Gasteiger partial charge is 0.269 e. The zero-order valence-corrected chi connectivity index (χ0v) is 4.37. The summed E-state index contributed by atoms with van der Waals surface area (Å²) in [5.41, 5.74) is 0. The third-order valence-electron chi connectivity index (χ3n) is 0.737. The molecule has 1 aliphatic heterocycles. The number of hydrogen-bond acceptors (Lipinski definition) is 4. The number of carbonyl (C=O) groups is 1. The van der Waals surface area contributed by atoms with Gasteiger partial charge >= 0.3 is 0 Å². The van der Waals surface area contributed by atoms with Crippen LogP contribution in [0.3, 0.4) is 0 Å². The first kappa shape index (κ1) is 5.17. The lowest BCUT2D eigenvalue weighted by molar-refractivity contribution is -0.137. The van der Waals surface area contributed by atoms with Crippen LogP contribution in [0, 0.1) is 0 Å². The molecule has 0 radical (unpaired) electrons. The Bertz CT molecular complexity index is 132. The van der Waals surface area contributed by atoms with Crippen molar-refractivity contribution in [1.82, 2.24) is 5.17 Å². The van der Waals surface area contributed by atoms with Gasteiger partial charge in [-0.15, -0.1) is 5.17 Å². The van der Waals surface area contributed by atoms with Gasteiger partial charge in [-0.1, -0.05) is 5.11 Å². The van der Waals surface area contributed by atoms with Crippen LogP contribution in [0.15, 0.2) is 10.3 Å². The van der Waals surface area contributed by atoms with Crippen LogP contribution in [0.1, 0.15) is 0 Å². The number of rotatable bonds is 1. The average molecular weight is 115 g/mol. The van der Waals surface area contributed by atoms with Gasteiger partial charge in [0.15, 0.2) is 0 Å². The van der Waals surface area contributed by atoms with E-state index in [4.69, 9.17) is 0 Å². The topological polar surface area (TPSA) is 54.3 Å².